The first-order valence-corrected chi connectivity index (χ1v) is 11.9. The van der Waals surface area contributed by atoms with Crippen LogP contribution in [-0.2, 0) is 17.6 Å². The Morgan fingerprint density at radius 1 is 1.12 bits per heavy atom. The van der Waals surface area contributed by atoms with Gasteiger partial charge < -0.3 is 20.3 Å². The second kappa shape index (κ2) is 10.4. The number of halogens is 1. The Kier molecular flexibility index (Phi) is 7.35. The fraction of sp³-hybridized carbons (Fsp3) is 0.542. The van der Waals surface area contributed by atoms with Gasteiger partial charge in [-0.3, -0.25) is 4.79 Å². The molecule has 1 heterocycles. The van der Waals surface area contributed by atoms with Gasteiger partial charge in [0.1, 0.15) is 11.6 Å². The van der Waals surface area contributed by atoms with E-state index in [1.54, 1.807) is 24.3 Å². The van der Waals surface area contributed by atoms with Crippen molar-refractivity contribution in [3.05, 3.63) is 40.5 Å². The monoisotopic (exact) mass is 457 g/mol. The van der Waals surface area contributed by atoms with Crippen molar-refractivity contribution in [2.75, 3.05) is 30.9 Å². The summed E-state index contributed by atoms with van der Waals surface area (Å²) in [6.45, 7) is -0.00516. The first kappa shape index (κ1) is 22.6. The van der Waals surface area contributed by atoms with Crippen LogP contribution in [0.4, 0.5) is 11.8 Å². The summed E-state index contributed by atoms with van der Waals surface area (Å²) < 4.78 is 5.54. The molecule has 8 heteroatoms. The third-order valence-corrected chi connectivity index (χ3v) is 6.41. The van der Waals surface area contributed by atoms with Crippen molar-refractivity contribution in [1.29, 1.82) is 0 Å². The highest BCUT2D eigenvalue weighted by atomic mass is 35.5. The van der Waals surface area contributed by atoms with E-state index in [1.165, 1.54) is 24.1 Å². The van der Waals surface area contributed by atoms with Gasteiger partial charge in [-0.2, -0.15) is 4.98 Å². The smallest absolute Gasteiger partial charge is 0.258 e. The largest absolute Gasteiger partial charge is 0.484 e. The highest BCUT2D eigenvalue weighted by Gasteiger charge is 2.25. The predicted molar refractivity (Wildman–Crippen MR) is 128 cm³/mol. The van der Waals surface area contributed by atoms with E-state index in [0.29, 0.717) is 16.8 Å². The molecule has 1 aromatic carbocycles. The second-order valence-electron chi connectivity index (χ2n) is 8.90. The van der Waals surface area contributed by atoms with Gasteiger partial charge in [-0.15, -0.1) is 0 Å². The van der Waals surface area contributed by atoms with Crippen molar-refractivity contribution in [1.82, 2.24) is 15.3 Å². The van der Waals surface area contributed by atoms with Crippen LogP contribution < -0.4 is 20.3 Å². The number of hydrogen-bond acceptors (Lipinski definition) is 6. The van der Waals surface area contributed by atoms with Gasteiger partial charge in [-0.25, -0.2) is 4.98 Å². The molecular weight excluding hydrogens is 426 g/mol. The Bertz CT molecular complexity index is 944. The number of benzene rings is 1. The van der Waals surface area contributed by atoms with Gasteiger partial charge in [0.05, 0.1) is 5.69 Å². The second-order valence-corrected chi connectivity index (χ2v) is 9.34. The number of nitrogens with one attached hydrogen (secondary N) is 2. The Morgan fingerprint density at radius 2 is 1.88 bits per heavy atom. The minimum Gasteiger partial charge on any atom is -0.484 e. The van der Waals surface area contributed by atoms with Gasteiger partial charge in [-0.1, -0.05) is 17.7 Å². The predicted octanol–water partition coefficient (Wildman–Crippen LogP) is 3.99. The summed E-state index contributed by atoms with van der Waals surface area (Å²) in [5.74, 6) is 2.27. The molecule has 2 aliphatic carbocycles. The zero-order valence-corrected chi connectivity index (χ0v) is 19.6. The topological polar surface area (TPSA) is 79.4 Å². The van der Waals surface area contributed by atoms with E-state index < -0.39 is 0 Å². The Morgan fingerprint density at radius 3 is 2.62 bits per heavy atom. The molecule has 1 saturated carbocycles. The normalized spacial score (nSPS) is 20.2. The molecule has 1 amide bonds. The van der Waals surface area contributed by atoms with Crippen LogP contribution in [0.25, 0.3) is 0 Å². The van der Waals surface area contributed by atoms with Crippen LogP contribution in [0.3, 0.4) is 0 Å². The number of aryl methyl sites for hydroxylation is 1. The molecule has 7 nitrogen and oxygen atoms in total. The maximum Gasteiger partial charge on any atom is 0.258 e. The minimum atomic E-state index is -0.102. The molecule has 2 aliphatic rings. The van der Waals surface area contributed by atoms with E-state index in [9.17, 15) is 4.79 Å². The molecule has 0 bridgehead atoms. The van der Waals surface area contributed by atoms with Crippen LogP contribution >= 0.6 is 11.6 Å². The summed E-state index contributed by atoms with van der Waals surface area (Å²) >= 11 is 5.95. The van der Waals surface area contributed by atoms with E-state index >= 15 is 0 Å². The summed E-state index contributed by atoms with van der Waals surface area (Å²) in [5.41, 5.74) is 2.50. The molecule has 0 saturated heterocycles. The molecule has 0 radical (unpaired) electrons. The number of rotatable bonds is 7. The molecule has 0 spiro atoms. The van der Waals surface area contributed by atoms with Crippen LogP contribution in [-0.4, -0.2) is 48.7 Å². The summed E-state index contributed by atoms with van der Waals surface area (Å²) in [6.07, 6.45) is 8.29. The number of aromatic nitrogens is 2. The molecule has 32 heavy (non-hydrogen) atoms. The summed E-state index contributed by atoms with van der Waals surface area (Å²) in [7, 11) is 4.09. The van der Waals surface area contributed by atoms with Crippen molar-refractivity contribution in [3.8, 4) is 5.75 Å². The lowest BCUT2D eigenvalue weighted by Gasteiger charge is -2.30. The standard InChI is InChI=1S/C24H32ClN5O2/c1-30(2)23-20-8-3-4-9-21(20)28-24(29-23)27-18-12-10-17(11-13-18)26-22(31)15-32-19-7-5-6-16(25)14-19/h5-7,14,17-18H,3-4,8-13,15H2,1-2H3,(H,26,31)(H,27,28,29). The fourth-order valence-electron chi connectivity index (χ4n) is 4.55. The zero-order chi connectivity index (χ0) is 22.5. The van der Waals surface area contributed by atoms with Crippen LogP contribution in [0.5, 0.6) is 5.75 Å². The molecule has 0 aliphatic heterocycles. The quantitative estimate of drug-likeness (QED) is 0.654. The maximum atomic E-state index is 12.3. The molecule has 0 unspecified atom stereocenters. The molecule has 172 valence electrons. The van der Waals surface area contributed by atoms with Crippen molar-refractivity contribution in [2.24, 2.45) is 0 Å². The first-order valence-electron chi connectivity index (χ1n) is 11.5. The van der Waals surface area contributed by atoms with Crippen LogP contribution in [0.15, 0.2) is 24.3 Å². The number of fused-ring (bicyclic) bond motifs is 1. The van der Waals surface area contributed by atoms with E-state index in [1.807, 2.05) is 14.1 Å². The lowest BCUT2D eigenvalue weighted by atomic mass is 9.91. The van der Waals surface area contributed by atoms with E-state index in [2.05, 4.69) is 15.5 Å². The number of carbonyl (C=O) groups excluding carboxylic acids is 1. The fourth-order valence-corrected chi connectivity index (χ4v) is 4.73. The van der Waals surface area contributed by atoms with Gasteiger partial charge in [0, 0.05) is 36.8 Å². The SMILES string of the molecule is CN(C)c1nc(NC2CCC(NC(=O)COc3cccc(Cl)c3)CC2)nc2c1CCCC2. The molecule has 0 atom stereocenters. The maximum absolute atomic E-state index is 12.3. The number of anilines is 2. The lowest BCUT2D eigenvalue weighted by Crippen LogP contribution is -2.42. The first-order chi connectivity index (χ1) is 15.5. The molecular formula is C24H32ClN5O2. The number of hydrogen-bond donors (Lipinski definition) is 2. The van der Waals surface area contributed by atoms with Crippen molar-refractivity contribution < 1.29 is 9.53 Å². The summed E-state index contributed by atoms with van der Waals surface area (Å²) in [5, 5.41) is 7.24. The van der Waals surface area contributed by atoms with Crippen molar-refractivity contribution in [2.45, 2.75) is 63.5 Å². The molecule has 2 N–H and O–H groups in total. The molecule has 1 aromatic heterocycles. The minimum absolute atomic E-state index is 0.00516. The van der Waals surface area contributed by atoms with Gasteiger partial charge >= 0.3 is 0 Å². The Hall–Kier alpha value is -2.54. The summed E-state index contributed by atoms with van der Waals surface area (Å²) in [4.78, 5) is 24.0. The van der Waals surface area contributed by atoms with Gasteiger partial charge in [0.2, 0.25) is 5.95 Å². The third-order valence-electron chi connectivity index (χ3n) is 6.18. The Balaban J connectivity index is 1.26. The number of amides is 1. The molecule has 4 rings (SSSR count). The van der Waals surface area contributed by atoms with Crippen molar-refractivity contribution in [3.63, 3.8) is 0 Å². The molecule has 1 fully saturated rings. The van der Waals surface area contributed by atoms with Crippen LogP contribution in [0.2, 0.25) is 5.02 Å². The molecule has 2 aromatic rings. The van der Waals surface area contributed by atoms with Gasteiger partial charge in [0.15, 0.2) is 6.61 Å². The van der Waals surface area contributed by atoms with E-state index in [4.69, 9.17) is 26.3 Å². The number of ether oxygens (including phenoxy) is 1. The average Bonchev–Trinajstić information content (AvgIpc) is 2.78. The Labute approximate surface area is 194 Å². The number of nitrogens with zero attached hydrogens (tertiary/aromatic N) is 3. The number of carbonyl (C=O) groups is 1. The average molecular weight is 458 g/mol. The van der Waals surface area contributed by atoms with Crippen LogP contribution in [0, 0.1) is 0 Å². The highest BCUT2D eigenvalue weighted by Crippen LogP contribution is 2.29. The zero-order valence-electron chi connectivity index (χ0n) is 18.9. The van der Waals surface area contributed by atoms with Gasteiger partial charge in [0.25, 0.3) is 5.91 Å². The highest BCUT2D eigenvalue weighted by molar-refractivity contribution is 6.30. The summed E-state index contributed by atoms with van der Waals surface area (Å²) in [6, 6.07) is 7.57. The van der Waals surface area contributed by atoms with Gasteiger partial charge in [-0.05, 0) is 69.6 Å². The van der Waals surface area contributed by atoms with Crippen LogP contribution in [0.1, 0.15) is 49.8 Å². The van der Waals surface area contributed by atoms with E-state index in [-0.39, 0.29) is 18.6 Å². The van der Waals surface area contributed by atoms with Crippen molar-refractivity contribution >= 4 is 29.3 Å². The van der Waals surface area contributed by atoms with E-state index in [0.717, 1.165) is 50.3 Å². The lowest BCUT2D eigenvalue weighted by molar-refractivity contribution is -0.124. The third kappa shape index (κ3) is 5.82.